The molecular weight excluding hydrogens is 798 g/mol. The maximum Gasteiger partial charge on any atom is 0.144 e. The zero-order chi connectivity index (χ0) is 33.9. The fourth-order valence-electron chi connectivity index (χ4n) is 7.00. The molecule has 0 amide bonds. The first-order valence-electron chi connectivity index (χ1n) is 17.1. The van der Waals surface area contributed by atoms with Gasteiger partial charge < -0.3 is 34.0 Å². The predicted octanol–water partition coefficient (Wildman–Crippen LogP) is 2.62. The molecule has 8 aromatic carbocycles. The molecule has 0 aliphatic carbocycles. The molecule has 0 saturated heterocycles. The number of halogens is 2. The van der Waals surface area contributed by atoms with Crippen molar-refractivity contribution in [2.24, 2.45) is 0 Å². The summed E-state index contributed by atoms with van der Waals surface area (Å²) >= 11 is 0. The minimum absolute atomic E-state index is 0. The third-order valence-electron chi connectivity index (χ3n) is 9.15. The van der Waals surface area contributed by atoms with Crippen molar-refractivity contribution < 1.29 is 34.0 Å². The van der Waals surface area contributed by atoms with Gasteiger partial charge in [0.25, 0.3) is 0 Å². The van der Waals surface area contributed by atoms with E-state index in [4.69, 9.17) is 0 Å². The van der Waals surface area contributed by atoms with Crippen LogP contribution in [0.25, 0.3) is 0 Å². The van der Waals surface area contributed by atoms with Crippen LogP contribution in [0.5, 0.6) is 0 Å². The second kappa shape index (κ2) is 18.9. The molecule has 0 atom stereocenters. The fourth-order valence-corrected chi connectivity index (χ4v) is 15.5. The molecule has 52 heavy (non-hydrogen) atoms. The van der Waals surface area contributed by atoms with E-state index in [0.29, 0.717) is 0 Å². The zero-order valence-corrected chi connectivity index (χ0v) is 33.7. The summed E-state index contributed by atoms with van der Waals surface area (Å²) in [5.74, 6) is 0. The van der Waals surface area contributed by atoms with Crippen molar-refractivity contribution in [1.82, 2.24) is 0 Å². The normalized spacial score (nSPS) is 10.8. The van der Waals surface area contributed by atoms with Gasteiger partial charge in [0.2, 0.25) is 0 Å². The van der Waals surface area contributed by atoms with Crippen molar-refractivity contribution in [2.45, 2.75) is 0 Å². The van der Waals surface area contributed by atoms with Crippen molar-refractivity contribution in [3.8, 4) is 0 Å². The Labute approximate surface area is 331 Å². The van der Waals surface area contributed by atoms with Crippen LogP contribution in [-0.2, 0) is 0 Å². The topological polar surface area (TPSA) is 0 Å². The minimum Gasteiger partial charge on any atom is -1.00 e. The molecule has 0 radical (unpaired) electrons. The van der Waals surface area contributed by atoms with E-state index >= 15 is 0 Å². The third kappa shape index (κ3) is 7.83. The highest BCUT2D eigenvalue weighted by molar-refractivity contribution is 8.02. The summed E-state index contributed by atoms with van der Waals surface area (Å²) in [5, 5.41) is 11.1. The standard InChI is InChI=1S/2C24H20P.2BrH/c2*1-5-13-21(14-6-1)25(22-15-7-2-8-16-22,23-17-9-3-10-18-23)24-19-11-4-12-20-24;;/h2*1-20H;2*1H/q2*+1;;/p-2. The van der Waals surface area contributed by atoms with E-state index < -0.39 is 14.5 Å². The van der Waals surface area contributed by atoms with Crippen LogP contribution < -0.4 is 76.4 Å². The van der Waals surface area contributed by atoms with Gasteiger partial charge in [-0.3, -0.25) is 0 Å². The highest BCUT2D eigenvalue weighted by atomic mass is 79.9. The van der Waals surface area contributed by atoms with Crippen molar-refractivity contribution >= 4 is 57.0 Å². The Morgan fingerprint density at radius 1 is 0.154 bits per heavy atom. The van der Waals surface area contributed by atoms with Crippen molar-refractivity contribution in [3.63, 3.8) is 0 Å². The summed E-state index contributed by atoms with van der Waals surface area (Å²) in [4.78, 5) is 0. The molecule has 0 spiro atoms. The smallest absolute Gasteiger partial charge is 0.144 e. The molecule has 8 aromatic rings. The highest BCUT2D eigenvalue weighted by Crippen LogP contribution is 2.55. The van der Waals surface area contributed by atoms with E-state index in [0.717, 1.165) is 0 Å². The van der Waals surface area contributed by atoms with Gasteiger partial charge in [0.1, 0.15) is 57.0 Å². The van der Waals surface area contributed by atoms with E-state index in [2.05, 4.69) is 243 Å². The Hall–Kier alpha value is -4.42. The van der Waals surface area contributed by atoms with Gasteiger partial charge in [0, 0.05) is 0 Å². The Morgan fingerprint density at radius 2 is 0.250 bits per heavy atom. The predicted molar refractivity (Wildman–Crippen MR) is 222 cm³/mol. The van der Waals surface area contributed by atoms with E-state index in [1.54, 1.807) is 0 Å². The Bertz CT molecular complexity index is 1680. The molecule has 0 nitrogen and oxygen atoms in total. The van der Waals surface area contributed by atoms with E-state index in [1.807, 2.05) is 0 Å². The largest absolute Gasteiger partial charge is 1.00 e. The number of hydrogen-bond donors (Lipinski definition) is 0. The lowest BCUT2D eigenvalue weighted by Crippen LogP contribution is -3.00. The molecule has 0 aliphatic heterocycles. The Balaban J connectivity index is 0.000000194. The molecular formula is C48H40Br2P2. The monoisotopic (exact) mass is 836 g/mol. The second-order valence-electron chi connectivity index (χ2n) is 12.0. The third-order valence-corrected chi connectivity index (χ3v) is 17.7. The Morgan fingerprint density at radius 3 is 0.346 bits per heavy atom. The Kier molecular flexibility index (Phi) is 14.1. The first-order valence-corrected chi connectivity index (χ1v) is 20.7. The molecule has 0 bridgehead atoms. The molecule has 0 aromatic heterocycles. The molecule has 0 N–H and O–H groups in total. The van der Waals surface area contributed by atoms with Gasteiger partial charge in [-0.2, -0.15) is 0 Å². The lowest BCUT2D eigenvalue weighted by atomic mass is 10.3. The quantitative estimate of drug-likeness (QED) is 0.207. The van der Waals surface area contributed by atoms with Gasteiger partial charge in [-0.15, -0.1) is 0 Å². The first-order chi connectivity index (χ1) is 24.8. The maximum atomic E-state index is 2.28. The molecule has 0 unspecified atom stereocenters. The summed E-state index contributed by atoms with van der Waals surface area (Å²) < 4.78 is 0. The molecule has 0 saturated carbocycles. The van der Waals surface area contributed by atoms with Crippen LogP contribution in [0.2, 0.25) is 0 Å². The first kappa shape index (κ1) is 38.8. The fraction of sp³-hybridized carbons (Fsp3) is 0. The average molecular weight is 839 g/mol. The van der Waals surface area contributed by atoms with Crippen LogP contribution in [0.3, 0.4) is 0 Å². The van der Waals surface area contributed by atoms with Crippen LogP contribution in [0.4, 0.5) is 0 Å². The maximum absolute atomic E-state index is 2.28. The second-order valence-corrected chi connectivity index (χ2v) is 18.8. The van der Waals surface area contributed by atoms with Gasteiger partial charge in [0.15, 0.2) is 0 Å². The van der Waals surface area contributed by atoms with Gasteiger partial charge in [-0.05, 0) is 97.1 Å². The lowest BCUT2D eigenvalue weighted by molar-refractivity contribution is -0.00100. The van der Waals surface area contributed by atoms with E-state index in [-0.39, 0.29) is 34.0 Å². The zero-order valence-electron chi connectivity index (χ0n) is 28.7. The lowest BCUT2D eigenvalue weighted by Gasteiger charge is -2.27. The average Bonchev–Trinajstić information content (AvgIpc) is 3.22. The summed E-state index contributed by atoms with van der Waals surface area (Å²) in [6, 6.07) is 87.7. The molecule has 256 valence electrons. The number of hydrogen-bond acceptors (Lipinski definition) is 0. The van der Waals surface area contributed by atoms with Gasteiger partial charge in [-0.25, -0.2) is 0 Å². The number of benzene rings is 8. The van der Waals surface area contributed by atoms with E-state index in [1.165, 1.54) is 42.4 Å². The van der Waals surface area contributed by atoms with Crippen molar-refractivity contribution in [3.05, 3.63) is 243 Å². The van der Waals surface area contributed by atoms with Gasteiger partial charge in [-0.1, -0.05) is 146 Å². The minimum atomic E-state index is -1.91. The summed E-state index contributed by atoms with van der Waals surface area (Å²) in [6.45, 7) is 0. The summed E-state index contributed by atoms with van der Waals surface area (Å²) in [6.07, 6.45) is 0. The molecule has 0 aliphatic rings. The number of rotatable bonds is 8. The van der Waals surface area contributed by atoms with Crippen LogP contribution >= 0.6 is 14.5 Å². The van der Waals surface area contributed by atoms with Gasteiger partial charge in [0.05, 0.1) is 0 Å². The summed E-state index contributed by atoms with van der Waals surface area (Å²) in [5.41, 5.74) is 0. The van der Waals surface area contributed by atoms with E-state index in [9.17, 15) is 0 Å². The van der Waals surface area contributed by atoms with Crippen LogP contribution in [0.1, 0.15) is 0 Å². The van der Waals surface area contributed by atoms with Crippen molar-refractivity contribution in [1.29, 1.82) is 0 Å². The molecule has 0 fully saturated rings. The SMILES string of the molecule is [Br-].[Br-].c1ccc([P+](c2ccccc2)(c2ccccc2)c2ccccc2)cc1.c1ccc([P+](c2ccccc2)(c2ccccc2)c2ccccc2)cc1. The highest BCUT2D eigenvalue weighted by Gasteiger charge is 2.48. The molecule has 0 heterocycles. The van der Waals surface area contributed by atoms with Crippen molar-refractivity contribution in [2.75, 3.05) is 0 Å². The van der Waals surface area contributed by atoms with Gasteiger partial charge >= 0.3 is 0 Å². The van der Waals surface area contributed by atoms with Crippen LogP contribution in [-0.4, -0.2) is 0 Å². The molecule has 4 heteroatoms. The van der Waals surface area contributed by atoms with Crippen LogP contribution in [0, 0.1) is 0 Å². The molecule has 8 rings (SSSR count). The van der Waals surface area contributed by atoms with Crippen LogP contribution in [0.15, 0.2) is 243 Å². The summed E-state index contributed by atoms with van der Waals surface area (Å²) in [7, 11) is -3.81.